The molecule has 0 saturated carbocycles. The monoisotopic (exact) mass is 421 g/mol. The van der Waals surface area contributed by atoms with Crippen LogP contribution in [0.25, 0.3) is 11.1 Å². The van der Waals surface area contributed by atoms with Crippen LogP contribution in [0, 0.1) is 20.8 Å². The molecule has 1 unspecified atom stereocenters. The van der Waals surface area contributed by atoms with Gasteiger partial charge in [0.15, 0.2) is 5.82 Å². The van der Waals surface area contributed by atoms with Gasteiger partial charge in [-0.05, 0) is 31.9 Å². The number of nitrogens with two attached hydrogens (primary N) is 1. The fourth-order valence-corrected chi connectivity index (χ4v) is 4.86. The van der Waals surface area contributed by atoms with Crippen molar-refractivity contribution in [2.45, 2.75) is 33.2 Å². The number of aromatic nitrogens is 3. The van der Waals surface area contributed by atoms with Gasteiger partial charge in [0.2, 0.25) is 0 Å². The molecule has 154 valence electrons. The number of fused-ring (bicyclic) bond motifs is 3. The van der Waals surface area contributed by atoms with Crippen molar-refractivity contribution in [3.63, 3.8) is 0 Å². The third kappa shape index (κ3) is 3.48. The highest BCUT2D eigenvalue weighted by atomic mass is 32.1. The van der Waals surface area contributed by atoms with E-state index in [-0.39, 0.29) is 6.42 Å². The minimum Gasteiger partial charge on any atom is -0.481 e. The average Bonchev–Trinajstić information content (AvgIpc) is 3.19. The lowest BCUT2D eigenvalue weighted by molar-refractivity contribution is -0.137. The Labute approximate surface area is 178 Å². The fraction of sp³-hybridized carbons (Fsp3) is 0.273. The lowest BCUT2D eigenvalue weighted by atomic mass is 9.98. The maximum atomic E-state index is 11.6. The summed E-state index contributed by atoms with van der Waals surface area (Å²) in [5, 5.41) is 19.0. The number of aryl methyl sites for hydroxylation is 2. The SMILES string of the molecule is Cc1sc2c(c1C)C(c1ccc(/C=C/CN)cc1)=NC(CC(=O)O)c1nnc(C)n1-2. The molecule has 0 spiro atoms. The van der Waals surface area contributed by atoms with Crippen LogP contribution >= 0.6 is 11.3 Å². The van der Waals surface area contributed by atoms with Crippen LogP contribution in [-0.4, -0.2) is 38.1 Å². The van der Waals surface area contributed by atoms with E-state index in [1.54, 1.807) is 11.3 Å². The number of hydrogen-bond acceptors (Lipinski definition) is 6. The maximum Gasteiger partial charge on any atom is 0.306 e. The molecule has 0 bridgehead atoms. The molecule has 0 amide bonds. The molecular weight excluding hydrogens is 398 g/mol. The number of aliphatic carboxylic acids is 1. The van der Waals surface area contributed by atoms with Crippen molar-refractivity contribution in [3.8, 4) is 5.00 Å². The number of rotatable bonds is 5. The molecule has 0 aliphatic carbocycles. The molecule has 30 heavy (non-hydrogen) atoms. The summed E-state index contributed by atoms with van der Waals surface area (Å²) in [5.74, 6) is 0.368. The van der Waals surface area contributed by atoms with Crippen molar-refractivity contribution in [2.24, 2.45) is 10.7 Å². The van der Waals surface area contributed by atoms with Gasteiger partial charge in [-0.1, -0.05) is 36.4 Å². The van der Waals surface area contributed by atoms with Gasteiger partial charge in [0, 0.05) is 22.5 Å². The predicted octanol–water partition coefficient (Wildman–Crippen LogP) is 3.59. The van der Waals surface area contributed by atoms with Gasteiger partial charge in [0.05, 0.1) is 12.1 Å². The van der Waals surface area contributed by atoms with Gasteiger partial charge < -0.3 is 10.8 Å². The van der Waals surface area contributed by atoms with Crippen molar-refractivity contribution in [1.82, 2.24) is 14.8 Å². The van der Waals surface area contributed by atoms with Crippen molar-refractivity contribution < 1.29 is 9.90 Å². The summed E-state index contributed by atoms with van der Waals surface area (Å²) in [6.45, 7) is 6.53. The molecule has 3 heterocycles. The largest absolute Gasteiger partial charge is 0.481 e. The van der Waals surface area contributed by atoms with E-state index in [4.69, 9.17) is 10.7 Å². The van der Waals surface area contributed by atoms with Crippen molar-refractivity contribution >= 4 is 29.1 Å². The Hall–Kier alpha value is -3.10. The number of benzene rings is 1. The molecule has 0 saturated heterocycles. The zero-order chi connectivity index (χ0) is 21.4. The van der Waals surface area contributed by atoms with Crippen molar-refractivity contribution in [1.29, 1.82) is 0 Å². The number of nitrogens with zero attached hydrogens (tertiary/aromatic N) is 4. The maximum absolute atomic E-state index is 11.6. The van der Waals surface area contributed by atoms with Crippen LogP contribution in [0.4, 0.5) is 0 Å². The summed E-state index contributed by atoms with van der Waals surface area (Å²) in [6.07, 6.45) is 3.73. The second-order valence-electron chi connectivity index (χ2n) is 7.26. The molecule has 8 heteroatoms. The van der Waals surface area contributed by atoms with Crippen LogP contribution in [0.5, 0.6) is 0 Å². The number of carboxylic acids is 1. The van der Waals surface area contributed by atoms with Crippen LogP contribution in [0.3, 0.4) is 0 Å². The van der Waals surface area contributed by atoms with Gasteiger partial charge in [0.25, 0.3) is 0 Å². The Balaban J connectivity index is 1.93. The van der Waals surface area contributed by atoms with Gasteiger partial charge in [-0.25, -0.2) is 0 Å². The molecule has 1 atom stereocenters. The fourth-order valence-electron chi connectivity index (χ4n) is 3.65. The Morgan fingerprint density at radius 3 is 2.63 bits per heavy atom. The zero-order valence-electron chi connectivity index (χ0n) is 17.1. The lowest BCUT2D eigenvalue weighted by Crippen LogP contribution is -2.10. The molecule has 0 radical (unpaired) electrons. The lowest BCUT2D eigenvalue weighted by Gasteiger charge is -2.11. The van der Waals surface area contributed by atoms with Gasteiger partial charge in [-0.2, -0.15) is 0 Å². The number of carboxylic acid groups (broad SMARTS) is 1. The smallest absolute Gasteiger partial charge is 0.306 e. The summed E-state index contributed by atoms with van der Waals surface area (Å²) >= 11 is 1.65. The second-order valence-corrected chi connectivity index (χ2v) is 8.46. The van der Waals surface area contributed by atoms with Gasteiger partial charge >= 0.3 is 5.97 Å². The summed E-state index contributed by atoms with van der Waals surface area (Å²) in [6, 6.07) is 7.45. The number of thiophene rings is 1. The van der Waals surface area contributed by atoms with E-state index < -0.39 is 12.0 Å². The molecule has 4 rings (SSSR count). The van der Waals surface area contributed by atoms with E-state index in [0.29, 0.717) is 12.4 Å². The summed E-state index contributed by atoms with van der Waals surface area (Å²) in [4.78, 5) is 17.7. The average molecular weight is 422 g/mol. The Morgan fingerprint density at radius 1 is 1.23 bits per heavy atom. The van der Waals surface area contributed by atoms with E-state index in [0.717, 1.165) is 38.8 Å². The van der Waals surface area contributed by atoms with E-state index in [9.17, 15) is 9.90 Å². The topological polar surface area (TPSA) is 106 Å². The molecule has 3 aromatic rings. The van der Waals surface area contributed by atoms with Crippen molar-refractivity contribution in [2.75, 3.05) is 6.54 Å². The van der Waals surface area contributed by atoms with E-state index in [2.05, 4.69) is 24.0 Å². The molecular formula is C22H23N5O2S. The predicted molar refractivity (Wildman–Crippen MR) is 119 cm³/mol. The minimum absolute atomic E-state index is 0.147. The number of carbonyl (C=O) groups is 1. The first-order valence-corrected chi connectivity index (χ1v) is 10.5. The zero-order valence-corrected chi connectivity index (χ0v) is 17.9. The van der Waals surface area contributed by atoms with Crippen LogP contribution < -0.4 is 5.73 Å². The van der Waals surface area contributed by atoms with Crippen LogP contribution in [0.15, 0.2) is 35.3 Å². The van der Waals surface area contributed by atoms with Crippen LogP contribution in [0.2, 0.25) is 0 Å². The normalized spacial score (nSPS) is 15.6. The molecule has 2 aromatic heterocycles. The molecule has 1 aliphatic heterocycles. The third-order valence-electron chi connectivity index (χ3n) is 5.24. The van der Waals surface area contributed by atoms with Crippen LogP contribution in [0.1, 0.15) is 51.2 Å². The third-order valence-corrected chi connectivity index (χ3v) is 6.43. The molecule has 1 aromatic carbocycles. The Bertz CT molecular complexity index is 1170. The minimum atomic E-state index is -0.921. The summed E-state index contributed by atoms with van der Waals surface area (Å²) in [5.41, 5.74) is 10.5. The number of aliphatic imine (C=N–C) groups is 1. The summed E-state index contributed by atoms with van der Waals surface area (Å²) in [7, 11) is 0. The van der Waals surface area contributed by atoms with E-state index in [1.807, 2.05) is 47.9 Å². The van der Waals surface area contributed by atoms with Gasteiger partial charge in [-0.15, -0.1) is 21.5 Å². The van der Waals surface area contributed by atoms with Gasteiger partial charge in [0.1, 0.15) is 16.9 Å². The summed E-state index contributed by atoms with van der Waals surface area (Å²) < 4.78 is 1.96. The highest BCUT2D eigenvalue weighted by molar-refractivity contribution is 7.15. The Kier molecular flexibility index (Phi) is 5.36. The first-order valence-electron chi connectivity index (χ1n) is 9.70. The highest BCUT2D eigenvalue weighted by Crippen LogP contribution is 2.39. The van der Waals surface area contributed by atoms with Crippen LogP contribution in [-0.2, 0) is 4.79 Å². The highest BCUT2D eigenvalue weighted by Gasteiger charge is 2.32. The van der Waals surface area contributed by atoms with Crippen molar-refractivity contribution in [3.05, 3.63) is 69.1 Å². The molecule has 7 nitrogen and oxygen atoms in total. The molecule has 0 fully saturated rings. The molecule has 1 aliphatic rings. The molecule has 3 N–H and O–H groups in total. The van der Waals surface area contributed by atoms with Gasteiger partial charge in [-0.3, -0.25) is 14.4 Å². The second kappa shape index (κ2) is 7.97. The van der Waals surface area contributed by atoms with E-state index >= 15 is 0 Å². The Morgan fingerprint density at radius 2 is 1.97 bits per heavy atom. The standard InChI is InChI=1S/C22H23N5O2S/c1-12-13(2)30-22-19(12)20(16-8-6-15(7-9-16)5-4-10-23)24-17(11-18(28)29)21-26-25-14(3)27(21)22/h4-9,17H,10-11,23H2,1-3H3,(H,28,29)/b5-4+. The first-order chi connectivity index (χ1) is 14.4. The van der Waals surface area contributed by atoms with E-state index in [1.165, 1.54) is 4.88 Å². The quantitative estimate of drug-likeness (QED) is 0.655. The number of hydrogen-bond donors (Lipinski definition) is 2. The first kappa shape index (κ1) is 20.2.